The average Bonchev–Trinajstić information content (AvgIpc) is 3.98. The van der Waals surface area contributed by atoms with Gasteiger partial charge in [-0.15, -0.1) is 4.67 Å². The van der Waals surface area contributed by atoms with Crippen LogP contribution >= 0.6 is 11.6 Å². The van der Waals surface area contributed by atoms with Gasteiger partial charge >= 0.3 is 5.49 Å². The molecule has 6 heterocycles. The van der Waals surface area contributed by atoms with Gasteiger partial charge in [0.1, 0.15) is 5.57 Å². The van der Waals surface area contributed by atoms with E-state index >= 15 is 0 Å². The summed E-state index contributed by atoms with van der Waals surface area (Å²) < 4.78 is 45.8. The number of hydrogen-bond donors (Lipinski definition) is 4. The maximum Gasteiger partial charge on any atom is 0.391 e. The second-order valence-electron chi connectivity index (χ2n) is 16.6. The summed E-state index contributed by atoms with van der Waals surface area (Å²) in [5, 5.41) is 6.64. The predicted octanol–water partition coefficient (Wildman–Crippen LogP) is 2.60. The number of sulfonamides is 1. The lowest BCUT2D eigenvalue weighted by Gasteiger charge is -2.56. The van der Waals surface area contributed by atoms with E-state index in [9.17, 15) is 18.0 Å². The monoisotopic (exact) mass is 864 g/mol. The summed E-state index contributed by atoms with van der Waals surface area (Å²) in [6.07, 6.45) is 16.1. The molecule has 2 aromatic heterocycles. The van der Waals surface area contributed by atoms with Crippen molar-refractivity contribution in [3.8, 4) is 0 Å². The van der Waals surface area contributed by atoms with Gasteiger partial charge in [0.25, 0.3) is 15.9 Å². The second kappa shape index (κ2) is 17.1. The van der Waals surface area contributed by atoms with Gasteiger partial charge in [0.05, 0.1) is 51.2 Å². The Morgan fingerprint density at radius 2 is 1.89 bits per heavy atom. The number of quaternary nitrogens is 1. The highest BCUT2D eigenvalue weighted by Gasteiger charge is 2.61. The standard InChI is InChI=1S/C45H47ClN8O6S/c1-47-39-23-36(5-7-38(39)50-24-29-11-18-59-19-12-29)61(57,58)52-43(55)37-6-4-34(22-40(37)60-35-21-31-8-15-49-42(31)51-27-35)53-16-9-30(10-17-53)28-54-41(32-20-33(46)26-48-25-32)45(44(54)56)13-2-3-14-45/h5,7-8,15,20-23,25-26,29-30,41,47,50H,2-3,9-14,16-19,24,28H2,1H3,(H,52,55)/p+2. The highest BCUT2D eigenvalue weighted by Crippen LogP contribution is 2.59. The molecule has 0 radical (unpaired) electrons. The van der Waals surface area contributed by atoms with Crippen molar-refractivity contribution in [2.24, 2.45) is 17.3 Å². The molecule has 9 rings (SSSR count). The van der Waals surface area contributed by atoms with Crippen LogP contribution in [-0.4, -0.2) is 92.3 Å². The predicted molar refractivity (Wildman–Crippen MR) is 228 cm³/mol. The van der Waals surface area contributed by atoms with Gasteiger partial charge in [-0.2, -0.15) is 0 Å². The Morgan fingerprint density at radius 3 is 2.66 bits per heavy atom. The first kappa shape index (κ1) is 40.8. The quantitative estimate of drug-likeness (QED) is 0.0872. The third kappa shape index (κ3) is 8.28. The number of aromatic amines is 1. The van der Waals surface area contributed by atoms with Crippen molar-refractivity contribution in [3.05, 3.63) is 111 Å². The Bertz CT molecular complexity index is 2720. The summed E-state index contributed by atoms with van der Waals surface area (Å²) in [6, 6.07) is 8.52. The molecule has 1 unspecified atom stereocenters. The van der Waals surface area contributed by atoms with Crippen LogP contribution in [0.25, 0.3) is 6.08 Å². The number of hydrogen-bond acceptors (Lipinski definition) is 9. The number of allylic oxidation sites excluding steroid dienone is 2. The maximum atomic E-state index is 13.9. The molecule has 3 aromatic rings. The highest BCUT2D eigenvalue weighted by molar-refractivity contribution is 7.90. The minimum absolute atomic E-state index is 0.0238. The molecule has 61 heavy (non-hydrogen) atoms. The number of nitrogens with two attached hydrogens (primary N) is 1. The van der Waals surface area contributed by atoms with Gasteiger partial charge in [-0.3, -0.25) is 14.6 Å². The van der Waals surface area contributed by atoms with E-state index in [1.165, 1.54) is 6.07 Å². The zero-order chi connectivity index (χ0) is 42.1. The lowest BCUT2D eigenvalue weighted by Crippen LogP contribution is -2.73. The Hall–Kier alpha value is -5.58. The van der Waals surface area contributed by atoms with E-state index in [1.54, 1.807) is 36.7 Å². The summed E-state index contributed by atoms with van der Waals surface area (Å²) in [5.74, 6) is 3.25. The van der Waals surface area contributed by atoms with Crippen molar-refractivity contribution >= 4 is 56.8 Å². The normalized spacial score (nSPS) is 21.1. The number of carbonyl (C=O) groups is 2. The first-order valence-corrected chi connectivity index (χ1v) is 23.0. The number of fused-ring (bicyclic) bond motifs is 1. The van der Waals surface area contributed by atoms with Gasteiger partial charge in [-0.25, -0.2) is 18.1 Å². The molecule has 6 aliphatic rings. The molecule has 1 saturated carbocycles. The van der Waals surface area contributed by atoms with Crippen molar-refractivity contribution in [1.82, 2.24) is 29.2 Å². The molecule has 1 aromatic carbocycles. The topological polar surface area (TPSA) is 177 Å². The number of likely N-dealkylation sites (tertiary alicyclic amines) is 2. The number of nitrogens with zero attached hydrogens (tertiary/aromatic N) is 4. The van der Waals surface area contributed by atoms with Gasteiger partial charge in [-0.1, -0.05) is 30.2 Å². The zero-order valence-electron chi connectivity index (χ0n) is 34.0. The van der Waals surface area contributed by atoms with Crippen LogP contribution < -0.4 is 30.7 Å². The number of nitrogens with one attached hydrogen (secondary N) is 3. The van der Waals surface area contributed by atoms with Crippen LogP contribution in [0, 0.1) is 17.3 Å². The largest absolute Gasteiger partial charge is 0.442 e. The molecule has 16 heteroatoms. The first-order chi connectivity index (χ1) is 29.6. The molecule has 4 fully saturated rings. The van der Waals surface area contributed by atoms with Gasteiger partial charge < -0.3 is 29.9 Å². The van der Waals surface area contributed by atoms with E-state index in [-0.39, 0.29) is 45.3 Å². The Kier molecular flexibility index (Phi) is 11.4. The molecule has 3 saturated heterocycles. The summed E-state index contributed by atoms with van der Waals surface area (Å²) >= 11 is 6.37. The number of ether oxygens (including phenoxy) is 2. The molecule has 4 aliphatic heterocycles. The number of H-pyrrole nitrogens is 1. The van der Waals surface area contributed by atoms with E-state index in [4.69, 9.17) is 21.1 Å². The number of piperidine rings is 1. The summed E-state index contributed by atoms with van der Waals surface area (Å²) in [6.45, 7) is 4.23. The Labute approximate surface area is 359 Å². The van der Waals surface area contributed by atoms with Crippen LogP contribution in [0.1, 0.15) is 63.0 Å². The molecule has 5 N–H and O–H groups in total. The fraction of sp³-hybridized carbons (Fsp3) is 0.422. The van der Waals surface area contributed by atoms with Crippen LogP contribution in [0.3, 0.4) is 0 Å². The summed E-state index contributed by atoms with van der Waals surface area (Å²) in [7, 11) is -2.47. The Morgan fingerprint density at radius 1 is 1.08 bits per heavy atom. The number of pyridine rings is 1. The molecular formula is C45H49ClN8O6S+2. The average molecular weight is 865 g/mol. The lowest BCUT2D eigenvalue weighted by atomic mass is 9.66. The fourth-order valence-corrected chi connectivity index (χ4v) is 10.7. The number of carbonyl (C=O) groups excluding carboxylic acids is 2. The number of aromatic nitrogens is 2. The molecule has 1 spiro atoms. The number of anilines is 1. The van der Waals surface area contributed by atoms with E-state index in [0.29, 0.717) is 47.4 Å². The first-order valence-electron chi connectivity index (χ1n) is 21.1. The smallest absolute Gasteiger partial charge is 0.391 e. The fourth-order valence-electron chi connectivity index (χ4n) is 9.57. The van der Waals surface area contributed by atoms with Crippen molar-refractivity contribution in [3.63, 3.8) is 0 Å². The van der Waals surface area contributed by atoms with Gasteiger partial charge in [-0.05, 0) is 85.9 Å². The van der Waals surface area contributed by atoms with Crippen LogP contribution in [0.15, 0.2) is 94.1 Å². The lowest BCUT2D eigenvalue weighted by molar-refractivity contribution is -0.538. The van der Waals surface area contributed by atoms with Gasteiger partial charge in [0, 0.05) is 70.0 Å². The SMILES string of the molecule is C[NH2+]c1cc(S(=O)(=O)NC(=O)C2=C=C=C(N3CCC(CN4C(=O)C5(CCCC5)C4c4cncc(Cl)c4)CC3)C=C2OC2=C=[N+]=c3[nH]ccc3=C2)ccc1NCC1CCOCC1. The molecule has 14 nitrogen and oxygen atoms in total. The Balaban J connectivity index is 0.921. The third-order valence-corrected chi connectivity index (χ3v) is 14.4. The van der Waals surface area contributed by atoms with Crippen molar-refractivity contribution in [2.45, 2.75) is 62.3 Å². The highest BCUT2D eigenvalue weighted by atomic mass is 35.5. The molecular weight excluding hydrogens is 816 g/mol. The van der Waals surface area contributed by atoms with Gasteiger partial charge in [0.2, 0.25) is 17.5 Å². The van der Waals surface area contributed by atoms with Crippen molar-refractivity contribution in [1.29, 1.82) is 0 Å². The van der Waals surface area contributed by atoms with E-state index < -0.39 is 15.9 Å². The molecule has 2 aliphatic carbocycles. The number of rotatable bonds is 13. The van der Waals surface area contributed by atoms with E-state index in [2.05, 4.69) is 46.9 Å². The minimum Gasteiger partial charge on any atom is -0.442 e. The van der Waals surface area contributed by atoms with Crippen LogP contribution in [-0.2, 0) is 29.1 Å². The van der Waals surface area contributed by atoms with Gasteiger partial charge in [0.15, 0.2) is 11.4 Å². The summed E-state index contributed by atoms with van der Waals surface area (Å²) in [4.78, 5) is 39.2. The number of benzene rings is 1. The maximum absolute atomic E-state index is 13.9. The van der Waals surface area contributed by atoms with Crippen LogP contribution in [0.4, 0.5) is 11.4 Å². The van der Waals surface area contributed by atoms with Crippen LogP contribution in [0.5, 0.6) is 0 Å². The van der Waals surface area contributed by atoms with E-state index in [1.807, 2.05) is 35.6 Å². The van der Waals surface area contributed by atoms with Crippen LogP contribution in [0.2, 0.25) is 5.02 Å². The number of amides is 2. The zero-order valence-corrected chi connectivity index (χ0v) is 35.6. The number of halogens is 1. The van der Waals surface area contributed by atoms with Crippen molar-refractivity contribution < 1.29 is 32.8 Å². The molecule has 2 amide bonds. The summed E-state index contributed by atoms with van der Waals surface area (Å²) in [5.41, 5.74) is 9.33. The minimum atomic E-state index is -4.31. The third-order valence-electron chi connectivity index (χ3n) is 12.9. The molecule has 0 bridgehead atoms. The molecule has 316 valence electrons. The number of β-lactam (4-membered cyclic amide) rings is 1. The molecule has 1 atom stereocenters. The van der Waals surface area contributed by atoms with E-state index in [0.717, 1.165) is 87.6 Å². The second-order valence-corrected chi connectivity index (χ2v) is 18.8. The van der Waals surface area contributed by atoms with Crippen molar-refractivity contribution in [2.75, 3.05) is 51.8 Å².